The summed E-state index contributed by atoms with van der Waals surface area (Å²) in [5.41, 5.74) is 3.52. The Labute approximate surface area is 241 Å². The van der Waals surface area contributed by atoms with Crippen LogP contribution in [0, 0.1) is 5.41 Å². The molecule has 0 amide bonds. The molecule has 0 bridgehead atoms. The molecule has 1 aliphatic carbocycles. The van der Waals surface area contributed by atoms with E-state index in [0.717, 1.165) is 89.1 Å². The molecule has 3 aromatic rings. The maximum Gasteiger partial charge on any atom is 0.243 e. The van der Waals surface area contributed by atoms with Crippen molar-refractivity contribution < 1.29 is 14.2 Å². The van der Waals surface area contributed by atoms with Gasteiger partial charge in [0.15, 0.2) is 0 Å². The van der Waals surface area contributed by atoms with Gasteiger partial charge in [0.05, 0.1) is 24.4 Å². The van der Waals surface area contributed by atoms with E-state index in [2.05, 4.69) is 50.6 Å². The highest BCUT2D eigenvalue weighted by molar-refractivity contribution is 5.84. The van der Waals surface area contributed by atoms with E-state index in [0.29, 0.717) is 36.2 Å². The van der Waals surface area contributed by atoms with Gasteiger partial charge in [0.2, 0.25) is 11.8 Å². The third kappa shape index (κ3) is 7.06. The van der Waals surface area contributed by atoms with Crippen molar-refractivity contribution in [1.29, 1.82) is 5.41 Å². The van der Waals surface area contributed by atoms with Crippen molar-refractivity contribution in [2.24, 2.45) is 0 Å². The Hall–Kier alpha value is -3.47. The molecule has 1 saturated carbocycles. The highest BCUT2D eigenvalue weighted by Crippen LogP contribution is 2.31. The van der Waals surface area contributed by atoms with Crippen molar-refractivity contribution >= 4 is 23.2 Å². The van der Waals surface area contributed by atoms with Crippen LogP contribution >= 0.6 is 0 Å². The highest BCUT2D eigenvalue weighted by atomic mass is 16.5. The zero-order valence-electron chi connectivity index (χ0n) is 23.6. The normalized spacial score (nSPS) is 22.9. The molecule has 3 aliphatic rings. The fourth-order valence-corrected chi connectivity index (χ4v) is 6.07. The van der Waals surface area contributed by atoms with E-state index in [1.807, 2.05) is 18.3 Å². The fraction of sp³-hybridized carbons (Fsp3) is 0.516. The zero-order chi connectivity index (χ0) is 27.9. The number of fused-ring (bicyclic) bond motifs is 1. The number of ether oxygens (including phenoxy) is 3. The van der Waals surface area contributed by atoms with Crippen LogP contribution in [0.15, 0.2) is 54.5 Å². The first-order valence-corrected chi connectivity index (χ1v) is 15.0. The third-order valence-electron chi connectivity index (χ3n) is 8.37. The van der Waals surface area contributed by atoms with Gasteiger partial charge in [-0.3, -0.25) is 4.90 Å². The number of morpholine rings is 1. The van der Waals surface area contributed by atoms with Gasteiger partial charge in [0.1, 0.15) is 11.6 Å². The minimum Gasteiger partial charge on any atom is -0.473 e. The molecule has 2 aromatic heterocycles. The average molecular weight is 560 g/mol. The number of rotatable bonds is 10. The van der Waals surface area contributed by atoms with E-state index in [4.69, 9.17) is 29.6 Å². The number of anilines is 1. The third-order valence-corrected chi connectivity index (χ3v) is 8.37. The summed E-state index contributed by atoms with van der Waals surface area (Å²) in [7, 11) is 0. The molecule has 0 spiro atoms. The maximum atomic E-state index is 7.96. The maximum absolute atomic E-state index is 7.96. The molecule has 10 heteroatoms. The van der Waals surface area contributed by atoms with Crippen LogP contribution in [0.3, 0.4) is 0 Å². The standard InChI is InChI=1S/C31H41N7O3/c32-20-25(21-33-24-11-16-39-17-12-24)34-31-35-28-10-13-38(22-23-4-2-1-3-5-23)29(28)30(36-31)41-27-8-6-26(7-9-27)37-14-18-40-19-15-37/h1-5,10,13,20-21,24,26-27,32-33H,6-9,11-12,14-19,22H2,(H,34,35,36)/b25-21+,32-20?/t26-,27-. The molecule has 10 nitrogen and oxygen atoms in total. The molecule has 3 N–H and O–H groups in total. The van der Waals surface area contributed by atoms with Crippen molar-refractivity contribution in [2.75, 3.05) is 44.8 Å². The van der Waals surface area contributed by atoms with Crippen LogP contribution in [0.4, 0.5) is 5.95 Å². The summed E-state index contributed by atoms with van der Waals surface area (Å²) < 4.78 is 19.9. The largest absolute Gasteiger partial charge is 0.473 e. The van der Waals surface area contributed by atoms with Gasteiger partial charge >= 0.3 is 0 Å². The Morgan fingerprint density at radius 1 is 0.951 bits per heavy atom. The second-order valence-corrected chi connectivity index (χ2v) is 11.1. The molecule has 1 aromatic carbocycles. The highest BCUT2D eigenvalue weighted by Gasteiger charge is 2.29. The van der Waals surface area contributed by atoms with Crippen molar-refractivity contribution in [2.45, 2.75) is 63.3 Å². The first-order chi connectivity index (χ1) is 20.2. The number of aromatic nitrogens is 3. The number of nitrogens with zero attached hydrogens (tertiary/aromatic N) is 4. The lowest BCUT2D eigenvalue weighted by Crippen LogP contribution is -2.46. The van der Waals surface area contributed by atoms with Gasteiger partial charge in [-0.15, -0.1) is 0 Å². The predicted octanol–water partition coefficient (Wildman–Crippen LogP) is 4.17. The Morgan fingerprint density at radius 3 is 2.46 bits per heavy atom. The summed E-state index contributed by atoms with van der Waals surface area (Å²) in [5.74, 6) is 1.02. The molecule has 218 valence electrons. The van der Waals surface area contributed by atoms with Crippen LogP contribution in [0.2, 0.25) is 0 Å². The molecule has 2 aliphatic heterocycles. The van der Waals surface area contributed by atoms with Crippen LogP contribution in [0.5, 0.6) is 5.88 Å². The Morgan fingerprint density at radius 2 is 1.71 bits per heavy atom. The van der Waals surface area contributed by atoms with Crippen molar-refractivity contribution in [3.8, 4) is 5.88 Å². The van der Waals surface area contributed by atoms with Crippen molar-refractivity contribution in [1.82, 2.24) is 24.8 Å². The average Bonchev–Trinajstić information content (AvgIpc) is 3.43. The van der Waals surface area contributed by atoms with Crippen LogP contribution in [0.1, 0.15) is 44.1 Å². The lowest BCUT2D eigenvalue weighted by Gasteiger charge is -2.38. The molecule has 0 radical (unpaired) electrons. The van der Waals surface area contributed by atoms with Gasteiger partial charge in [0, 0.05) is 63.5 Å². The van der Waals surface area contributed by atoms with Gasteiger partial charge in [-0.1, -0.05) is 30.3 Å². The van der Waals surface area contributed by atoms with Gasteiger partial charge < -0.3 is 34.8 Å². The van der Waals surface area contributed by atoms with E-state index >= 15 is 0 Å². The summed E-state index contributed by atoms with van der Waals surface area (Å²) in [6.45, 7) is 5.94. The lowest BCUT2D eigenvalue weighted by molar-refractivity contribution is -0.00127. The first-order valence-electron chi connectivity index (χ1n) is 15.0. The lowest BCUT2D eigenvalue weighted by atomic mass is 9.91. The number of hydrogen-bond donors (Lipinski definition) is 3. The fourth-order valence-electron chi connectivity index (χ4n) is 6.07. The second kappa shape index (κ2) is 13.5. The van der Waals surface area contributed by atoms with Crippen molar-refractivity contribution in [3.63, 3.8) is 0 Å². The van der Waals surface area contributed by atoms with Gasteiger partial charge in [0.25, 0.3) is 0 Å². The Bertz CT molecular complexity index is 1310. The van der Waals surface area contributed by atoms with E-state index < -0.39 is 0 Å². The van der Waals surface area contributed by atoms with Gasteiger partial charge in [-0.25, -0.2) is 4.98 Å². The van der Waals surface area contributed by atoms with Crippen LogP contribution in [0.25, 0.3) is 11.0 Å². The van der Waals surface area contributed by atoms with E-state index in [9.17, 15) is 0 Å². The summed E-state index contributed by atoms with van der Waals surface area (Å²) in [4.78, 5) is 12.3. The van der Waals surface area contributed by atoms with Gasteiger partial charge in [-0.2, -0.15) is 4.98 Å². The first kappa shape index (κ1) is 27.7. The predicted molar refractivity (Wildman–Crippen MR) is 160 cm³/mol. The molecule has 4 heterocycles. The van der Waals surface area contributed by atoms with E-state index in [-0.39, 0.29) is 6.10 Å². The quantitative estimate of drug-likeness (QED) is 0.318. The summed E-state index contributed by atoms with van der Waals surface area (Å²) in [6.07, 6.45) is 11.4. The minimum atomic E-state index is 0.103. The molecule has 2 saturated heterocycles. The molecule has 6 rings (SSSR count). The van der Waals surface area contributed by atoms with Crippen LogP contribution in [-0.2, 0) is 16.0 Å². The Balaban J connectivity index is 1.22. The minimum absolute atomic E-state index is 0.103. The zero-order valence-corrected chi connectivity index (χ0v) is 23.6. The number of hydrogen-bond acceptors (Lipinski definition) is 9. The van der Waals surface area contributed by atoms with E-state index in [1.54, 1.807) is 0 Å². The second-order valence-electron chi connectivity index (χ2n) is 11.1. The smallest absolute Gasteiger partial charge is 0.243 e. The molecular weight excluding hydrogens is 518 g/mol. The summed E-state index contributed by atoms with van der Waals surface area (Å²) >= 11 is 0. The molecule has 0 unspecified atom stereocenters. The van der Waals surface area contributed by atoms with E-state index in [1.165, 1.54) is 11.8 Å². The number of nitrogens with one attached hydrogen (secondary N) is 3. The topological polar surface area (TPSA) is 110 Å². The van der Waals surface area contributed by atoms with Gasteiger partial charge in [-0.05, 0) is 50.2 Å². The summed E-state index contributed by atoms with van der Waals surface area (Å²) in [6, 6.07) is 13.4. The van der Waals surface area contributed by atoms with Crippen LogP contribution < -0.4 is 15.4 Å². The molecular formula is C31H41N7O3. The van der Waals surface area contributed by atoms with Crippen LogP contribution in [-0.4, -0.2) is 83.4 Å². The Kier molecular flexibility index (Phi) is 9.09. The SMILES string of the molecule is N=C/C(=C\NC1CCOCC1)Nc1nc(O[C@H]2CC[C@H](N3CCOCC3)CC2)c2c(ccn2Cc2ccccc2)n1. The molecule has 3 fully saturated rings. The summed E-state index contributed by atoms with van der Waals surface area (Å²) in [5, 5.41) is 14.6. The number of allylic oxidation sites excluding steroid dienone is 1. The molecule has 41 heavy (non-hydrogen) atoms. The molecule has 0 atom stereocenters. The monoisotopic (exact) mass is 559 g/mol. The number of benzene rings is 1. The van der Waals surface area contributed by atoms with Crippen molar-refractivity contribution in [3.05, 3.63) is 60.1 Å².